The molecule has 2 atom stereocenters. The van der Waals surface area contributed by atoms with Crippen molar-refractivity contribution in [3.05, 3.63) is 35.9 Å². The van der Waals surface area contributed by atoms with Crippen LogP contribution >= 0.6 is 0 Å². The van der Waals surface area contributed by atoms with Crippen molar-refractivity contribution in [2.45, 2.75) is 96.1 Å². The molecule has 154 valence electrons. The van der Waals surface area contributed by atoms with E-state index in [4.69, 9.17) is 0 Å². The molecule has 1 aromatic rings. The van der Waals surface area contributed by atoms with Gasteiger partial charge < -0.3 is 15.5 Å². The zero-order valence-corrected chi connectivity index (χ0v) is 17.0. The molecule has 0 heterocycles. The van der Waals surface area contributed by atoms with Gasteiger partial charge in [0.05, 0.1) is 18.8 Å². The van der Waals surface area contributed by atoms with Gasteiger partial charge in [-0.1, -0.05) is 95.0 Å². The molecule has 0 aliphatic heterocycles. The van der Waals surface area contributed by atoms with Crippen molar-refractivity contribution in [3.63, 3.8) is 0 Å². The van der Waals surface area contributed by atoms with E-state index in [1.807, 2.05) is 30.3 Å². The Bertz CT molecular complexity index is 478. The van der Waals surface area contributed by atoms with Crippen LogP contribution in [0.2, 0.25) is 0 Å². The normalized spacial score (nSPS) is 13.3. The second kappa shape index (κ2) is 15.6. The van der Waals surface area contributed by atoms with Crippen LogP contribution in [0.15, 0.2) is 30.3 Å². The molecule has 0 bridgehead atoms. The predicted octanol–water partition coefficient (Wildman–Crippen LogP) is 4.90. The number of carbonyl (C=O) groups is 1. The highest BCUT2D eigenvalue weighted by atomic mass is 16.3. The van der Waals surface area contributed by atoms with Crippen LogP contribution in [0, 0.1) is 0 Å². The molecule has 0 radical (unpaired) electrons. The van der Waals surface area contributed by atoms with Gasteiger partial charge in [0, 0.05) is 6.42 Å². The Morgan fingerprint density at radius 2 is 1.48 bits per heavy atom. The molecule has 1 aromatic carbocycles. The third-order valence-electron chi connectivity index (χ3n) is 5.04. The smallest absolute Gasteiger partial charge is 0.220 e. The van der Waals surface area contributed by atoms with E-state index in [2.05, 4.69) is 12.2 Å². The molecule has 3 N–H and O–H groups in total. The molecule has 0 aromatic heterocycles. The number of rotatable bonds is 16. The quantitative estimate of drug-likeness (QED) is 0.359. The van der Waals surface area contributed by atoms with Gasteiger partial charge in [-0.05, 0) is 18.4 Å². The minimum absolute atomic E-state index is 0.0334. The highest BCUT2D eigenvalue weighted by Gasteiger charge is 2.17. The second-order valence-corrected chi connectivity index (χ2v) is 7.54. The highest BCUT2D eigenvalue weighted by Crippen LogP contribution is 2.18. The molecule has 0 spiro atoms. The van der Waals surface area contributed by atoms with Gasteiger partial charge in [-0.15, -0.1) is 0 Å². The molecule has 0 fully saturated rings. The molecular weight excluding hydrogens is 338 g/mol. The van der Waals surface area contributed by atoms with E-state index in [1.165, 1.54) is 51.4 Å². The number of aliphatic hydroxyl groups is 2. The molecule has 0 saturated carbocycles. The fourth-order valence-electron chi connectivity index (χ4n) is 3.33. The van der Waals surface area contributed by atoms with E-state index < -0.39 is 12.1 Å². The molecule has 0 aliphatic carbocycles. The van der Waals surface area contributed by atoms with Crippen molar-refractivity contribution in [3.8, 4) is 0 Å². The van der Waals surface area contributed by atoms with Crippen LogP contribution in [0.25, 0.3) is 0 Å². The number of hydrogen-bond donors (Lipinski definition) is 3. The van der Waals surface area contributed by atoms with Gasteiger partial charge in [0.25, 0.3) is 0 Å². The molecule has 1 amide bonds. The summed E-state index contributed by atoms with van der Waals surface area (Å²) >= 11 is 0. The van der Waals surface area contributed by atoms with Crippen LogP contribution in [0.3, 0.4) is 0 Å². The first-order valence-corrected chi connectivity index (χ1v) is 10.8. The van der Waals surface area contributed by atoms with Gasteiger partial charge >= 0.3 is 0 Å². The number of benzene rings is 1. The topological polar surface area (TPSA) is 69.6 Å². The fourth-order valence-corrected chi connectivity index (χ4v) is 3.33. The van der Waals surface area contributed by atoms with Crippen molar-refractivity contribution < 1.29 is 15.0 Å². The van der Waals surface area contributed by atoms with E-state index in [9.17, 15) is 15.0 Å². The van der Waals surface area contributed by atoms with Crippen molar-refractivity contribution >= 4 is 5.91 Å². The maximum atomic E-state index is 12.1. The number of nitrogens with one attached hydrogen (secondary N) is 1. The first-order valence-electron chi connectivity index (χ1n) is 10.8. The Balaban J connectivity index is 2.08. The Labute approximate surface area is 165 Å². The van der Waals surface area contributed by atoms with Gasteiger partial charge in [0.15, 0.2) is 0 Å². The summed E-state index contributed by atoms with van der Waals surface area (Å²) in [5.41, 5.74) is 0.805. The van der Waals surface area contributed by atoms with E-state index in [0.29, 0.717) is 12.8 Å². The van der Waals surface area contributed by atoms with Crippen molar-refractivity contribution in [1.29, 1.82) is 0 Å². The monoisotopic (exact) mass is 377 g/mol. The van der Waals surface area contributed by atoms with Gasteiger partial charge in [-0.25, -0.2) is 0 Å². The van der Waals surface area contributed by atoms with Crippen LogP contribution in [0.4, 0.5) is 0 Å². The Morgan fingerprint density at radius 1 is 0.926 bits per heavy atom. The summed E-state index contributed by atoms with van der Waals surface area (Å²) in [6.45, 7) is 2.08. The Hall–Kier alpha value is -1.39. The van der Waals surface area contributed by atoms with Crippen LogP contribution in [0.5, 0.6) is 0 Å². The van der Waals surface area contributed by atoms with Crippen LogP contribution in [-0.2, 0) is 4.79 Å². The average molecular weight is 378 g/mol. The molecular formula is C23H39NO3. The minimum Gasteiger partial charge on any atom is -0.394 e. The highest BCUT2D eigenvalue weighted by molar-refractivity contribution is 5.76. The van der Waals surface area contributed by atoms with E-state index in [-0.39, 0.29) is 12.5 Å². The summed E-state index contributed by atoms with van der Waals surface area (Å²) < 4.78 is 0. The predicted molar refractivity (Wildman–Crippen MR) is 111 cm³/mol. The molecule has 2 unspecified atom stereocenters. The minimum atomic E-state index is -0.680. The third-order valence-corrected chi connectivity index (χ3v) is 5.04. The summed E-state index contributed by atoms with van der Waals surface area (Å²) in [5.74, 6) is -0.0334. The molecule has 27 heavy (non-hydrogen) atoms. The summed E-state index contributed by atoms with van der Waals surface area (Å²) in [6, 6.07) is 8.94. The molecule has 0 saturated heterocycles. The standard InChI is InChI=1S/C23H39NO3/c1-2-3-4-5-6-7-8-9-10-14-17-23(27)24-21(19-25)18-22(26)20-15-12-11-13-16-20/h11-13,15-16,21-22,25-26H,2-10,14,17-19H2,1H3,(H,24,27). The lowest BCUT2D eigenvalue weighted by molar-refractivity contribution is -0.122. The zero-order valence-electron chi connectivity index (χ0n) is 17.0. The summed E-state index contributed by atoms with van der Waals surface area (Å²) in [5, 5.41) is 22.6. The average Bonchev–Trinajstić information content (AvgIpc) is 2.69. The SMILES string of the molecule is CCCCCCCCCCCCC(=O)NC(CO)CC(O)c1ccccc1. The van der Waals surface area contributed by atoms with Crippen molar-refractivity contribution in [2.24, 2.45) is 0 Å². The lowest BCUT2D eigenvalue weighted by atomic mass is 10.0. The van der Waals surface area contributed by atoms with Gasteiger partial charge in [-0.3, -0.25) is 4.79 Å². The fraction of sp³-hybridized carbons (Fsp3) is 0.696. The lowest BCUT2D eigenvalue weighted by Crippen LogP contribution is -2.38. The Morgan fingerprint density at radius 3 is 2.04 bits per heavy atom. The van der Waals surface area contributed by atoms with Crippen LogP contribution in [0.1, 0.15) is 95.6 Å². The maximum Gasteiger partial charge on any atom is 0.220 e. The Kier molecular flexibility index (Phi) is 13.7. The number of unbranched alkanes of at least 4 members (excludes halogenated alkanes) is 9. The van der Waals surface area contributed by atoms with Gasteiger partial charge in [-0.2, -0.15) is 0 Å². The van der Waals surface area contributed by atoms with E-state index >= 15 is 0 Å². The largest absolute Gasteiger partial charge is 0.394 e. The zero-order chi connectivity index (χ0) is 19.7. The lowest BCUT2D eigenvalue weighted by Gasteiger charge is -2.20. The van der Waals surface area contributed by atoms with Crippen LogP contribution < -0.4 is 5.32 Å². The van der Waals surface area contributed by atoms with E-state index in [1.54, 1.807) is 0 Å². The van der Waals surface area contributed by atoms with Crippen molar-refractivity contribution in [2.75, 3.05) is 6.61 Å². The third kappa shape index (κ3) is 11.8. The number of amides is 1. The second-order valence-electron chi connectivity index (χ2n) is 7.54. The van der Waals surface area contributed by atoms with Crippen LogP contribution in [-0.4, -0.2) is 28.8 Å². The van der Waals surface area contributed by atoms with Gasteiger partial charge in [0.1, 0.15) is 0 Å². The van der Waals surface area contributed by atoms with Crippen molar-refractivity contribution in [1.82, 2.24) is 5.32 Å². The summed E-state index contributed by atoms with van der Waals surface area (Å²) in [4.78, 5) is 12.1. The number of hydrogen-bond acceptors (Lipinski definition) is 3. The molecule has 0 aliphatic rings. The number of carbonyl (C=O) groups excluding carboxylic acids is 1. The molecule has 1 rings (SSSR count). The van der Waals surface area contributed by atoms with Gasteiger partial charge in [0.2, 0.25) is 5.91 Å². The maximum absolute atomic E-state index is 12.1. The first-order chi connectivity index (χ1) is 13.2. The number of aliphatic hydroxyl groups excluding tert-OH is 2. The molecule has 4 heteroatoms. The van der Waals surface area contributed by atoms with E-state index in [0.717, 1.165) is 18.4 Å². The first kappa shape index (κ1) is 23.6. The summed E-state index contributed by atoms with van der Waals surface area (Å²) in [6.07, 6.45) is 12.6. The molecule has 4 nitrogen and oxygen atoms in total. The summed E-state index contributed by atoms with van der Waals surface area (Å²) in [7, 11) is 0.